The molecule has 1 atom stereocenters. The molecule has 0 saturated carbocycles. The lowest BCUT2D eigenvalue weighted by atomic mass is 9.96. The van der Waals surface area contributed by atoms with Crippen molar-refractivity contribution in [1.82, 2.24) is 15.1 Å². The highest BCUT2D eigenvalue weighted by atomic mass is 35.5. The van der Waals surface area contributed by atoms with E-state index in [1.54, 1.807) is 41.3 Å². The van der Waals surface area contributed by atoms with E-state index in [0.29, 0.717) is 42.9 Å². The van der Waals surface area contributed by atoms with E-state index in [1.165, 1.54) is 0 Å². The number of ketones is 1. The van der Waals surface area contributed by atoms with Crippen LogP contribution < -0.4 is 5.32 Å². The number of likely N-dealkylation sites (tertiary alicyclic amines) is 1. The van der Waals surface area contributed by atoms with Gasteiger partial charge in [-0.05, 0) is 18.9 Å². The molecule has 0 aliphatic carbocycles. The molecule has 2 amide bonds. The Hall–Kier alpha value is -2.70. The molecule has 2 fully saturated rings. The monoisotopic (exact) mass is 427 g/mol. The standard InChI is InChI=1S/C23H25N3O3.ClH/c27-21-15-24-12-14-26(21)18-9-6-13-25(16-18)23(29)20-11-5-4-10-19(20)22(28)17-7-2-1-3-8-17;/h1-5,7-8,10-11,18,24H,6,9,12-16H2;1H. The van der Waals surface area contributed by atoms with Gasteiger partial charge in [-0.15, -0.1) is 12.4 Å². The molecule has 0 aromatic heterocycles. The lowest BCUT2D eigenvalue weighted by Gasteiger charge is -2.41. The minimum atomic E-state index is -0.152. The van der Waals surface area contributed by atoms with Crippen LogP contribution in [0.1, 0.15) is 39.1 Å². The average Bonchev–Trinajstić information content (AvgIpc) is 2.79. The number of benzene rings is 2. The third-order valence-corrected chi connectivity index (χ3v) is 5.69. The SMILES string of the molecule is Cl.O=C(c1ccccc1)c1ccccc1C(=O)N1CCCC(N2CCNCC2=O)C1. The van der Waals surface area contributed by atoms with E-state index in [9.17, 15) is 14.4 Å². The maximum Gasteiger partial charge on any atom is 0.254 e. The Morgan fingerprint density at radius 3 is 2.37 bits per heavy atom. The van der Waals surface area contributed by atoms with E-state index in [4.69, 9.17) is 0 Å². The highest BCUT2D eigenvalue weighted by molar-refractivity contribution is 6.15. The number of carbonyl (C=O) groups is 3. The second kappa shape index (κ2) is 9.87. The van der Waals surface area contributed by atoms with Gasteiger partial charge in [0.15, 0.2) is 5.78 Å². The first-order chi connectivity index (χ1) is 14.1. The molecule has 30 heavy (non-hydrogen) atoms. The van der Waals surface area contributed by atoms with Gasteiger partial charge >= 0.3 is 0 Å². The smallest absolute Gasteiger partial charge is 0.254 e. The summed E-state index contributed by atoms with van der Waals surface area (Å²) in [6.07, 6.45) is 1.75. The zero-order valence-corrected chi connectivity index (χ0v) is 17.6. The number of nitrogens with zero attached hydrogens (tertiary/aromatic N) is 2. The molecule has 2 saturated heterocycles. The molecule has 4 rings (SSSR count). The van der Waals surface area contributed by atoms with Crippen LogP contribution in [-0.2, 0) is 4.79 Å². The van der Waals surface area contributed by atoms with Crippen molar-refractivity contribution in [1.29, 1.82) is 0 Å². The molecule has 2 aromatic carbocycles. The van der Waals surface area contributed by atoms with Gasteiger partial charge in [0.2, 0.25) is 5.91 Å². The number of amides is 2. The van der Waals surface area contributed by atoms with Gasteiger partial charge < -0.3 is 15.1 Å². The lowest BCUT2D eigenvalue weighted by Crippen LogP contribution is -2.57. The molecule has 2 aliphatic rings. The van der Waals surface area contributed by atoms with Gasteiger partial charge in [0, 0.05) is 43.3 Å². The fourth-order valence-electron chi connectivity index (χ4n) is 4.18. The fraction of sp³-hybridized carbons (Fsp3) is 0.348. The molecule has 158 valence electrons. The summed E-state index contributed by atoms with van der Waals surface area (Å²) >= 11 is 0. The predicted molar refractivity (Wildman–Crippen MR) is 117 cm³/mol. The van der Waals surface area contributed by atoms with Crippen LogP contribution in [0.4, 0.5) is 0 Å². The summed E-state index contributed by atoms with van der Waals surface area (Å²) in [5.41, 5.74) is 1.41. The summed E-state index contributed by atoms with van der Waals surface area (Å²) in [6.45, 7) is 2.97. The van der Waals surface area contributed by atoms with E-state index in [1.807, 2.05) is 23.1 Å². The number of nitrogens with one attached hydrogen (secondary N) is 1. The molecule has 1 N–H and O–H groups in total. The van der Waals surface area contributed by atoms with Crippen molar-refractivity contribution in [3.8, 4) is 0 Å². The maximum absolute atomic E-state index is 13.3. The molecule has 0 radical (unpaired) electrons. The highest BCUT2D eigenvalue weighted by Gasteiger charge is 2.32. The van der Waals surface area contributed by atoms with Crippen molar-refractivity contribution in [3.63, 3.8) is 0 Å². The van der Waals surface area contributed by atoms with E-state index in [-0.39, 0.29) is 36.0 Å². The molecule has 7 heteroatoms. The van der Waals surface area contributed by atoms with Gasteiger partial charge in [0.05, 0.1) is 12.1 Å². The minimum absolute atomic E-state index is 0. The Morgan fingerprint density at radius 2 is 1.63 bits per heavy atom. The predicted octanol–water partition coefficient (Wildman–Crippen LogP) is 2.38. The second-order valence-corrected chi connectivity index (χ2v) is 7.55. The zero-order chi connectivity index (χ0) is 20.2. The van der Waals surface area contributed by atoms with Crippen molar-refractivity contribution < 1.29 is 14.4 Å². The third-order valence-electron chi connectivity index (χ3n) is 5.69. The minimum Gasteiger partial charge on any atom is -0.337 e. The van der Waals surface area contributed by atoms with Crippen LogP contribution in [0.25, 0.3) is 0 Å². The number of rotatable bonds is 4. The molecule has 6 nitrogen and oxygen atoms in total. The first-order valence-corrected chi connectivity index (χ1v) is 10.1. The summed E-state index contributed by atoms with van der Waals surface area (Å²) in [7, 11) is 0. The number of hydrogen-bond acceptors (Lipinski definition) is 4. The van der Waals surface area contributed by atoms with Gasteiger partial charge in [-0.25, -0.2) is 0 Å². The number of piperazine rings is 1. The summed E-state index contributed by atoms with van der Waals surface area (Å²) in [4.78, 5) is 42.3. The maximum atomic E-state index is 13.3. The Balaban J connectivity index is 0.00000256. The van der Waals surface area contributed by atoms with E-state index >= 15 is 0 Å². The lowest BCUT2D eigenvalue weighted by molar-refractivity contribution is -0.135. The van der Waals surface area contributed by atoms with Crippen molar-refractivity contribution in [3.05, 3.63) is 71.3 Å². The van der Waals surface area contributed by atoms with Crippen LogP contribution in [0.2, 0.25) is 0 Å². The summed E-state index contributed by atoms with van der Waals surface area (Å²) in [6, 6.07) is 16.1. The largest absolute Gasteiger partial charge is 0.337 e. The van der Waals surface area contributed by atoms with Gasteiger partial charge in [-0.2, -0.15) is 0 Å². The summed E-state index contributed by atoms with van der Waals surface area (Å²) < 4.78 is 0. The van der Waals surface area contributed by atoms with Crippen molar-refractivity contribution in [2.75, 3.05) is 32.7 Å². The van der Waals surface area contributed by atoms with E-state index in [2.05, 4.69) is 5.32 Å². The summed E-state index contributed by atoms with van der Waals surface area (Å²) in [5, 5.41) is 3.09. The van der Waals surface area contributed by atoms with Crippen molar-refractivity contribution >= 4 is 30.0 Å². The van der Waals surface area contributed by atoms with E-state index < -0.39 is 0 Å². The topological polar surface area (TPSA) is 69.7 Å². The zero-order valence-electron chi connectivity index (χ0n) is 16.8. The molecular formula is C23H26ClN3O3. The van der Waals surface area contributed by atoms with Crippen LogP contribution in [0, 0.1) is 0 Å². The van der Waals surface area contributed by atoms with Gasteiger partial charge in [-0.3, -0.25) is 14.4 Å². The fourth-order valence-corrected chi connectivity index (χ4v) is 4.18. The molecule has 0 bridgehead atoms. The quantitative estimate of drug-likeness (QED) is 0.760. The van der Waals surface area contributed by atoms with E-state index in [0.717, 1.165) is 19.4 Å². The van der Waals surface area contributed by atoms with Gasteiger partial charge in [-0.1, -0.05) is 48.5 Å². The molecular weight excluding hydrogens is 402 g/mol. The summed E-state index contributed by atoms with van der Waals surface area (Å²) in [5.74, 6) is -0.201. The molecule has 2 aliphatic heterocycles. The van der Waals surface area contributed by atoms with Gasteiger partial charge in [0.25, 0.3) is 5.91 Å². The number of piperidine rings is 1. The van der Waals surface area contributed by atoms with Crippen LogP contribution in [0.15, 0.2) is 54.6 Å². The van der Waals surface area contributed by atoms with Crippen molar-refractivity contribution in [2.24, 2.45) is 0 Å². The molecule has 2 aromatic rings. The number of hydrogen-bond donors (Lipinski definition) is 1. The van der Waals surface area contributed by atoms with Crippen LogP contribution in [0.5, 0.6) is 0 Å². The first kappa shape index (κ1) is 22.0. The third kappa shape index (κ3) is 4.55. The Bertz CT molecular complexity index is 919. The number of halogens is 1. The Labute approximate surface area is 182 Å². The van der Waals surface area contributed by atoms with Crippen LogP contribution in [0.3, 0.4) is 0 Å². The normalized spacial score (nSPS) is 19.2. The Morgan fingerprint density at radius 1 is 0.933 bits per heavy atom. The molecule has 2 heterocycles. The number of carbonyl (C=O) groups excluding carboxylic acids is 3. The second-order valence-electron chi connectivity index (χ2n) is 7.55. The average molecular weight is 428 g/mol. The van der Waals surface area contributed by atoms with Crippen LogP contribution in [-0.4, -0.2) is 66.2 Å². The Kier molecular flexibility index (Phi) is 7.24. The van der Waals surface area contributed by atoms with Crippen LogP contribution >= 0.6 is 12.4 Å². The van der Waals surface area contributed by atoms with Crippen molar-refractivity contribution in [2.45, 2.75) is 18.9 Å². The molecule has 1 unspecified atom stereocenters. The first-order valence-electron chi connectivity index (χ1n) is 10.1. The highest BCUT2D eigenvalue weighted by Crippen LogP contribution is 2.22. The molecule has 0 spiro atoms. The van der Waals surface area contributed by atoms with Gasteiger partial charge in [0.1, 0.15) is 0 Å².